The molecule has 332 valence electrons. The van der Waals surface area contributed by atoms with Gasteiger partial charge in [-0.3, -0.25) is 29.2 Å². The number of rotatable bonds is 9. The van der Waals surface area contributed by atoms with Crippen molar-refractivity contribution in [2.24, 2.45) is 17.3 Å². The highest BCUT2D eigenvalue weighted by molar-refractivity contribution is 5.96. The molecule has 2 N–H and O–H groups in total. The van der Waals surface area contributed by atoms with Crippen molar-refractivity contribution in [2.45, 2.75) is 104 Å². The van der Waals surface area contributed by atoms with Crippen LogP contribution in [0.2, 0.25) is 0 Å². The monoisotopic (exact) mass is 847 g/mol. The Morgan fingerprint density at radius 2 is 1.82 bits per heavy atom. The molecule has 13 nitrogen and oxygen atoms in total. The highest BCUT2D eigenvalue weighted by atomic mass is 16.5. The second kappa shape index (κ2) is 18.7. The summed E-state index contributed by atoms with van der Waals surface area (Å²) in [5.41, 5.74) is 10.7. The van der Waals surface area contributed by atoms with Crippen LogP contribution >= 0.6 is 0 Å². The molecule has 5 unspecified atom stereocenters. The van der Waals surface area contributed by atoms with Gasteiger partial charge in [0.15, 0.2) is 0 Å². The number of amides is 3. The van der Waals surface area contributed by atoms with E-state index in [4.69, 9.17) is 14.5 Å². The number of carbonyl (C=O) groups excluding carboxylic acids is 4. The van der Waals surface area contributed by atoms with Gasteiger partial charge < -0.3 is 29.2 Å². The second-order valence-electron chi connectivity index (χ2n) is 18.7. The summed E-state index contributed by atoms with van der Waals surface area (Å²) in [7, 11) is 5.39. The van der Waals surface area contributed by atoms with Crippen LogP contribution in [-0.2, 0) is 48.0 Å². The van der Waals surface area contributed by atoms with Crippen LogP contribution in [0.15, 0.2) is 60.8 Å². The van der Waals surface area contributed by atoms with Crippen LogP contribution < -0.4 is 10.7 Å². The van der Waals surface area contributed by atoms with E-state index in [1.807, 2.05) is 46.0 Å². The molecule has 0 saturated carbocycles. The fourth-order valence-electron chi connectivity index (χ4n) is 9.73. The lowest BCUT2D eigenvalue weighted by Gasteiger charge is -2.37. The maximum Gasteiger partial charge on any atom is 0.324 e. The molecule has 2 aromatic heterocycles. The predicted molar refractivity (Wildman–Crippen MR) is 241 cm³/mol. The number of fused-ring (bicyclic) bond motifs is 6. The Hall–Kier alpha value is -5.11. The first-order valence-electron chi connectivity index (χ1n) is 22.3. The summed E-state index contributed by atoms with van der Waals surface area (Å²) in [6.07, 6.45) is 4.18. The second-order valence-corrected chi connectivity index (χ2v) is 18.7. The van der Waals surface area contributed by atoms with E-state index in [9.17, 15) is 19.2 Å². The molecule has 62 heavy (non-hydrogen) atoms. The number of nitrogens with one attached hydrogen (secondary N) is 2. The number of cyclic esters (lactones) is 1. The quantitative estimate of drug-likeness (QED) is 0.189. The Morgan fingerprint density at radius 1 is 1.05 bits per heavy atom. The summed E-state index contributed by atoms with van der Waals surface area (Å²) in [5, 5.41) is 5.67. The molecule has 3 aliphatic heterocycles. The summed E-state index contributed by atoms with van der Waals surface area (Å²) in [6, 6.07) is 16.2. The number of ether oxygens (including phenoxy) is 2. The van der Waals surface area contributed by atoms with Crippen molar-refractivity contribution in [3.8, 4) is 22.4 Å². The fraction of sp³-hybridized carbons (Fsp3) is 0.531. The fourth-order valence-corrected chi connectivity index (χ4v) is 9.73. The van der Waals surface area contributed by atoms with E-state index in [-0.39, 0.29) is 48.7 Å². The largest absolute Gasteiger partial charge is 0.464 e. The maximum absolute atomic E-state index is 14.6. The van der Waals surface area contributed by atoms with Crippen molar-refractivity contribution in [3.05, 3.63) is 77.6 Å². The number of hydrogen-bond acceptors (Lipinski definition) is 9. The van der Waals surface area contributed by atoms with Crippen molar-refractivity contribution < 1.29 is 28.7 Å². The predicted octanol–water partition coefficient (Wildman–Crippen LogP) is 6.18. The van der Waals surface area contributed by atoms with E-state index >= 15 is 0 Å². The number of pyridine rings is 1. The van der Waals surface area contributed by atoms with Gasteiger partial charge in [0.25, 0.3) is 5.91 Å². The lowest BCUT2D eigenvalue weighted by Crippen LogP contribution is -2.62. The summed E-state index contributed by atoms with van der Waals surface area (Å²) in [5.74, 6) is -1.64. The molecular weight excluding hydrogens is 783 g/mol. The van der Waals surface area contributed by atoms with Gasteiger partial charge in [0, 0.05) is 68.3 Å². The first-order chi connectivity index (χ1) is 29.6. The van der Waals surface area contributed by atoms with Crippen molar-refractivity contribution in [2.75, 3.05) is 47.4 Å². The number of aryl methyl sites for hydroxylation is 1. The third-order valence-corrected chi connectivity index (χ3v) is 13.0. The summed E-state index contributed by atoms with van der Waals surface area (Å²) in [6.45, 7) is 14.9. The molecule has 3 aliphatic rings. The molecule has 6 bridgehead atoms. The summed E-state index contributed by atoms with van der Waals surface area (Å²) < 4.78 is 14.3. The Labute approximate surface area is 366 Å². The normalized spacial score (nSPS) is 22.0. The SMILES string of the molecule is CCn1c(-c2cccnc2C(C)OC)c2c3cc(ccc31)-c1cccc(c1)CC(NC(=O)C(C(C)C)N(C)C(=O)C1CCN(C)C1)C(=O)N1CCCC(N1)C(=O)OCC(C)(C)C2. The van der Waals surface area contributed by atoms with Crippen LogP contribution in [0.4, 0.5) is 0 Å². The highest BCUT2D eigenvalue weighted by Gasteiger charge is 2.39. The molecule has 0 aliphatic carbocycles. The molecule has 2 saturated heterocycles. The van der Waals surface area contributed by atoms with Gasteiger partial charge in [-0.2, -0.15) is 0 Å². The molecule has 5 heterocycles. The topological polar surface area (TPSA) is 138 Å². The van der Waals surface area contributed by atoms with Crippen molar-refractivity contribution in [1.82, 2.24) is 35.1 Å². The Bertz CT molecular complexity index is 2300. The average Bonchev–Trinajstić information content (AvgIpc) is 3.83. The average molecular weight is 848 g/mol. The molecule has 2 fully saturated rings. The molecule has 0 spiro atoms. The van der Waals surface area contributed by atoms with E-state index in [2.05, 4.69) is 77.4 Å². The molecule has 7 rings (SSSR count). The Morgan fingerprint density at radius 3 is 2.53 bits per heavy atom. The lowest BCUT2D eigenvalue weighted by molar-refractivity contribution is -0.155. The molecule has 2 aromatic carbocycles. The maximum atomic E-state index is 14.6. The number of hydrazine groups is 1. The number of hydrogen-bond donors (Lipinski definition) is 2. The van der Waals surface area contributed by atoms with Crippen molar-refractivity contribution in [1.29, 1.82) is 0 Å². The number of esters is 1. The minimum Gasteiger partial charge on any atom is -0.464 e. The van der Waals surface area contributed by atoms with E-state index < -0.39 is 29.5 Å². The molecule has 4 aromatic rings. The first-order valence-corrected chi connectivity index (χ1v) is 22.3. The molecular formula is C49H65N7O6. The van der Waals surface area contributed by atoms with E-state index in [1.54, 1.807) is 25.3 Å². The van der Waals surface area contributed by atoms with E-state index in [1.165, 1.54) is 5.01 Å². The molecule has 3 amide bonds. The number of likely N-dealkylation sites (N-methyl/N-ethyl adjacent to an activating group) is 1. The van der Waals surface area contributed by atoms with Crippen LogP contribution in [0, 0.1) is 17.3 Å². The van der Waals surface area contributed by atoms with Crippen molar-refractivity contribution in [3.63, 3.8) is 0 Å². The van der Waals surface area contributed by atoms with Crippen LogP contribution in [0.1, 0.15) is 83.7 Å². The third kappa shape index (κ3) is 9.30. The van der Waals surface area contributed by atoms with Crippen LogP contribution in [-0.4, -0.2) is 114 Å². The van der Waals surface area contributed by atoms with Gasteiger partial charge in [-0.25, -0.2) is 5.43 Å². The van der Waals surface area contributed by atoms with Gasteiger partial charge in [-0.1, -0.05) is 58.0 Å². The minimum atomic E-state index is -0.987. The number of methoxy groups -OCH3 is 1. The molecule has 0 radical (unpaired) electrons. The van der Waals surface area contributed by atoms with E-state index in [0.29, 0.717) is 32.4 Å². The molecule has 5 atom stereocenters. The van der Waals surface area contributed by atoms with Gasteiger partial charge in [-0.05, 0) is 106 Å². The zero-order valence-corrected chi connectivity index (χ0v) is 38.0. The van der Waals surface area contributed by atoms with Gasteiger partial charge in [0.1, 0.15) is 18.1 Å². The van der Waals surface area contributed by atoms with Crippen LogP contribution in [0.3, 0.4) is 0 Å². The lowest BCUT2D eigenvalue weighted by atomic mass is 9.84. The molecule has 13 heteroatoms. The van der Waals surface area contributed by atoms with Gasteiger partial charge in [0.2, 0.25) is 11.8 Å². The first kappa shape index (κ1) is 44.9. The number of carbonyl (C=O) groups is 4. The smallest absolute Gasteiger partial charge is 0.324 e. The van der Waals surface area contributed by atoms with E-state index in [0.717, 1.165) is 69.6 Å². The Kier molecular flexibility index (Phi) is 13.6. The summed E-state index contributed by atoms with van der Waals surface area (Å²) >= 11 is 0. The zero-order chi connectivity index (χ0) is 44.5. The minimum absolute atomic E-state index is 0.0684. The van der Waals surface area contributed by atoms with Gasteiger partial charge >= 0.3 is 5.97 Å². The highest BCUT2D eigenvalue weighted by Crippen LogP contribution is 2.42. The van der Waals surface area contributed by atoms with Gasteiger partial charge in [0.05, 0.1) is 30.0 Å². The van der Waals surface area contributed by atoms with Crippen LogP contribution in [0.25, 0.3) is 33.3 Å². The number of nitrogens with zero attached hydrogens (tertiary/aromatic N) is 5. The summed E-state index contributed by atoms with van der Waals surface area (Å²) in [4.78, 5) is 65.1. The number of likely N-dealkylation sites (tertiary alicyclic amines) is 1. The standard InChI is InChI=1S/C49H65N7O6/c1-10-55-41-19-18-34-26-37(41)38(44(55)36-16-12-21-50-42(36)31(4)61-9)27-49(5,6)29-62-48(60)39-17-13-22-56(52-39)47(59)40(25-32-14-11-15-33(34)24-32)51-45(57)43(30(2)3)54(8)46(58)35-20-23-53(7)28-35/h11-12,14-16,18-19,21,24,26,30-31,35,39-40,43,52H,10,13,17,20,22-23,25,27-29H2,1-9H3,(H,51,57). The van der Waals surface area contributed by atoms with Gasteiger partial charge in [-0.15, -0.1) is 0 Å². The van der Waals surface area contributed by atoms with Crippen LogP contribution in [0.5, 0.6) is 0 Å². The zero-order valence-electron chi connectivity index (χ0n) is 38.0. The number of benzene rings is 2. The third-order valence-electron chi connectivity index (χ3n) is 13.0. The van der Waals surface area contributed by atoms with Crippen molar-refractivity contribution >= 4 is 34.6 Å². The Balaban J connectivity index is 1.32. The number of aromatic nitrogens is 2.